The average Bonchev–Trinajstić information content (AvgIpc) is 3.01. The summed E-state index contributed by atoms with van der Waals surface area (Å²) in [6, 6.07) is 19.0. The number of amides is 3. The van der Waals surface area contributed by atoms with Crippen molar-refractivity contribution in [1.82, 2.24) is 10.2 Å². The van der Waals surface area contributed by atoms with Crippen molar-refractivity contribution in [3.05, 3.63) is 71.8 Å². The van der Waals surface area contributed by atoms with Crippen molar-refractivity contribution < 1.29 is 14.4 Å². The topological polar surface area (TPSA) is 66.5 Å². The number of carbonyl (C=O) groups excluding carboxylic acids is 3. The van der Waals surface area contributed by atoms with Crippen LogP contribution in [0.2, 0.25) is 0 Å². The number of likely N-dealkylation sites (tertiary alicyclic amines) is 1. The van der Waals surface area contributed by atoms with E-state index in [0.29, 0.717) is 0 Å². The maximum atomic E-state index is 12.7. The predicted molar refractivity (Wildman–Crippen MR) is 103 cm³/mol. The lowest BCUT2D eigenvalue weighted by Gasteiger charge is -2.29. The minimum Gasteiger partial charge on any atom is -0.351 e. The predicted octanol–water partition coefficient (Wildman–Crippen LogP) is 2.86. The standard InChI is InChI=1S/C22H24N2O3/c1-15(23-22(27)16(2)24-19(25)13-14-20(24)26)21(17-9-5-3-6-10-17)18-11-7-4-8-12-18/h3-12,15-16,21H,13-14H2,1-2H3,(H,23,27)/t15-,16-/m1/s1. The number of imide groups is 1. The van der Waals surface area contributed by atoms with Crippen molar-refractivity contribution in [2.45, 2.75) is 44.7 Å². The molecule has 1 N–H and O–H groups in total. The first-order chi connectivity index (χ1) is 13.0. The third kappa shape index (κ3) is 4.08. The third-order valence-electron chi connectivity index (χ3n) is 5.04. The Morgan fingerprint density at radius 2 is 1.30 bits per heavy atom. The largest absolute Gasteiger partial charge is 0.351 e. The number of rotatable bonds is 6. The summed E-state index contributed by atoms with van der Waals surface area (Å²) in [5.74, 6) is -0.910. The lowest BCUT2D eigenvalue weighted by Crippen LogP contribution is -2.50. The van der Waals surface area contributed by atoms with Gasteiger partial charge >= 0.3 is 0 Å². The van der Waals surface area contributed by atoms with Crippen LogP contribution in [0.25, 0.3) is 0 Å². The highest BCUT2D eigenvalue weighted by atomic mass is 16.2. The van der Waals surface area contributed by atoms with Gasteiger partial charge in [-0.3, -0.25) is 19.3 Å². The molecule has 0 radical (unpaired) electrons. The van der Waals surface area contributed by atoms with Crippen LogP contribution in [-0.4, -0.2) is 34.7 Å². The van der Waals surface area contributed by atoms with E-state index < -0.39 is 6.04 Å². The van der Waals surface area contributed by atoms with Crippen LogP contribution < -0.4 is 5.32 Å². The normalized spacial score (nSPS) is 16.5. The number of hydrogen-bond acceptors (Lipinski definition) is 3. The second kappa shape index (κ2) is 8.16. The van der Waals surface area contributed by atoms with Crippen LogP contribution in [0.1, 0.15) is 43.7 Å². The van der Waals surface area contributed by atoms with E-state index in [1.807, 2.05) is 67.6 Å². The van der Waals surface area contributed by atoms with E-state index in [-0.39, 0.29) is 42.5 Å². The smallest absolute Gasteiger partial charge is 0.243 e. The van der Waals surface area contributed by atoms with Gasteiger partial charge in [0, 0.05) is 24.8 Å². The maximum Gasteiger partial charge on any atom is 0.243 e. The van der Waals surface area contributed by atoms with Gasteiger partial charge in [-0.1, -0.05) is 60.7 Å². The quantitative estimate of drug-likeness (QED) is 0.802. The Hall–Kier alpha value is -2.95. The molecule has 0 unspecified atom stereocenters. The number of benzene rings is 2. The van der Waals surface area contributed by atoms with Gasteiger partial charge in [0.2, 0.25) is 17.7 Å². The number of hydrogen-bond donors (Lipinski definition) is 1. The van der Waals surface area contributed by atoms with Gasteiger partial charge in [-0.15, -0.1) is 0 Å². The van der Waals surface area contributed by atoms with Crippen LogP contribution >= 0.6 is 0 Å². The zero-order valence-electron chi connectivity index (χ0n) is 15.6. The van der Waals surface area contributed by atoms with E-state index in [0.717, 1.165) is 16.0 Å². The molecule has 1 aliphatic rings. The highest BCUT2D eigenvalue weighted by molar-refractivity contribution is 6.05. The van der Waals surface area contributed by atoms with Crippen LogP contribution in [0.15, 0.2) is 60.7 Å². The molecule has 1 fully saturated rings. The van der Waals surface area contributed by atoms with E-state index >= 15 is 0 Å². The molecule has 5 nitrogen and oxygen atoms in total. The highest BCUT2D eigenvalue weighted by Gasteiger charge is 2.37. The molecule has 0 aliphatic carbocycles. The molecule has 1 saturated heterocycles. The molecule has 2 aromatic rings. The second-order valence-electron chi connectivity index (χ2n) is 6.93. The molecule has 0 saturated carbocycles. The Bertz CT molecular complexity index is 764. The monoisotopic (exact) mass is 364 g/mol. The van der Waals surface area contributed by atoms with Crippen molar-refractivity contribution >= 4 is 17.7 Å². The molecule has 3 rings (SSSR count). The fourth-order valence-electron chi connectivity index (χ4n) is 3.66. The van der Waals surface area contributed by atoms with Crippen LogP contribution in [0.4, 0.5) is 0 Å². The van der Waals surface area contributed by atoms with E-state index in [1.54, 1.807) is 6.92 Å². The summed E-state index contributed by atoms with van der Waals surface area (Å²) < 4.78 is 0. The Morgan fingerprint density at radius 1 is 0.852 bits per heavy atom. The molecule has 140 valence electrons. The number of nitrogens with one attached hydrogen (secondary N) is 1. The van der Waals surface area contributed by atoms with Gasteiger partial charge in [-0.05, 0) is 25.0 Å². The van der Waals surface area contributed by atoms with Gasteiger partial charge in [-0.2, -0.15) is 0 Å². The Morgan fingerprint density at radius 3 is 1.74 bits per heavy atom. The van der Waals surface area contributed by atoms with Crippen LogP contribution in [0.5, 0.6) is 0 Å². The molecule has 0 bridgehead atoms. The minimum absolute atomic E-state index is 0.0338. The zero-order chi connectivity index (χ0) is 19.4. The maximum absolute atomic E-state index is 12.7. The van der Waals surface area contributed by atoms with Gasteiger partial charge in [0.1, 0.15) is 6.04 Å². The summed E-state index contributed by atoms with van der Waals surface area (Å²) in [5.41, 5.74) is 2.19. The lowest BCUT2D eigenvalue weighted by molar-refractivity contribution is -0.146. The summed E-state index contributed by atoms with van der Waals surface area (Å²) in [6.45, 7) is 3.55. The van der Waals surface area contributed by atoms with E-state index in [1.165, 1.54) is 0 Å². The van der Waals surface area contributed by atoms with Crippen molar-refractivity contribution in [3.8, 4) is 0 Å². The first-order valence-corrected chi connectivity index (χ1v) is 9.24. The Kier molecular flexibility index (Phi) is 5.69. The first-order valence-electron chi connectivity index (χ1n) is 9.24. The SMILES string of the molecule is C[C@H](C(=O)N[C@H](C)C(c1ccccc1)c1ccccc1)N1C(=O)CCC1=O. The summed E-state index contributed by atoms with van der Waals surface area (Å²) >= 11 is 0. The molecule has 27 heavy (non-hydrogen) atoms. The molecule has 1 heterocycles. The molecule has 1 aliphatic heterocycles. The van der Waals surface area contributed by atoms with Crippen LogP contribution in [0, 0.1) is 0 Å². The Balaban J connectivity index is 1.80. The molecular formula is C22H24N2O3. The van der Waals surface area contributed by atoms with E-state index in [2.05, 4.69) is 5.32 Å². The number of carbonyl (C=O) groups is 3. The summed E-state index contributed by atoms with van der Waals surface area (Å²) in [4.78, 5) is 37.7. The van der Waals surface area contributed by atoms with Gasteiger partial charge in [-0.25, -0.2) is 0 Å². The molecule has 2 aromatic carbocycles. The molecule has 0 aromatic heterocycles. The van der Waals surface area contributed by atoms with Crippen LogP contribution in [-0.2, 0) is 14.4 Å². The molecule has 3 amide bonds. The first kappa shape index (κ1) is 18.8. The van der Waals surface area contributed by atoms with E-state index in [4.69, 9.17) is 0 Å². The third-order valence-corrected chi connectivity index (χ3v) is 5.04. The second-order valence-corrected chi connectivity index (χ2v) is 6.93. The van der Waals surface area contributed by atoms with E-state index in [9.17, 15) is 14.4 Å². The molecule has 2 atom stereocenters. The Labute approximate surface area is 159 Å². The summed E-state index contributed by atoms with van der Waals surface area (Å²) in [7, 11) is 0. The minimum atomic E-state index is -0.804. The van der Waals surface area contributed by atoms with Gasteiger partial charge < -0.3 is 5.32 Å². The van der Waals surface area contributed by atoms with Gasteiger partial charge in [0.25, 0.3) is 0 Å². The van der Waals surface area contributed by atoms with Gasteiger partial charge in [0.05, 0.1) is 0 Å². The molecule has 0 spiro atoms. The fourth-order valence-corrected chi connectivity index (χ4v) is 3.66. The highest BCUT2D eigenvalue weighted by Crippen LogP contribution is 2.28. The van der Waals surface area contributed by atoms with Crippen molar-refractivity contribution in [2.75, 3.05) is 0 Å². The summed E-state index contributed by atoms with van der Waals surface area (Å²) in [5, 5.41) is 3.01. The van der Waals surface area contributed by atoms with Crippen molar-refractivity contribution in [1.29, 1.82) is 0 Å². The van der Waals surface area contributed by atoms with Crippen molar-refractivity contribution in [3.63, 3.8) is 0 Å². The fraction of sp³-hybridized carbons (Fsp3) is 0.318. The summed E-state index contributed by atoms with van der Waals surface area (Å²) in [6.07, 6.45) is 0.366. The zero-order valence-corrected chi connectivity index (χ0v) is 15.6. The molecular weight excluding hydrogens is 340 g/mol. The van der Waals surface area contributed by atoms with Crippen LogP contribution in [0.3, 0.4) is 0 Å². The lowest BCUT2D eigenvalue weighted by atomic mass is 9.85. The van der Waals surface area contributed by atoms with Gasteiger partial charge in [0.15, 0.2) is 0 Å². The van der Waals surface area contributed by atoms with Crippen molar-refractivity contribution in [2.24, 2.45) is 0 Å². The number of nitrogens with zero attached hydrogens (tertiary/aromatic N) is 1. The average molecular weight is 364 g/mol. The molecule has 5 heteroatoms.